The van der Waals surface area contributed by atoms with Gasteiger partial charge in [-0.25, -0.2) is 15.0 Å². The minimum absolute atomic E-state index is 0.158. The van der Waals surface area contributed by atoms with Gasteiger partial charge in [0.1, 0.15) is 11.3 Å². The molecule has 0 spiro atoms. The molecule has 0 radical (unpaired) electrons. The third-order valence-electron chi connectivity index (χ3n) is 4.97. The Hall–Kier alpha value is -3.00. The maximum Gasteiger partial charge on any atom is 0.252 e. The van der Waals surface area contributed by atoms with Crippen molar-refractivity contribution >= 4 is 22.9 Å². The first-order valence-electron chi connectivity index (χ1n) is 9.56. The predicted octanol–water partition coefficient (Wildman–Crippen LogP) is 2.33. The summed E-state index contributed by atoms with van der Waals surface area (Å²) < 4.78 is 7.52. The molecule has 146 valence electrons. The number of nitrogens with one attached hydrogen (secondary N) is 2. The molecule has 3 aromatic heterocycles. The van der Waals surface area contributed by atoms with E-state index in [2.05, 4.69) is 30.2 Å². The largest absolute Gasteiger partial charge is 0.381 e. The van der Waals surface area contributed by atoms with Crippen molar-refractivity contribution in [1.82, 2.24) is 24.8 Å². The third kappa shape index (κ3) is 3.96. The molecular weight excluding hydrogens is 356 g/mol. The second-order valence-corrected chi connectivity index (χ2v) is 6.91. The van der Waals surface area contributed by atoms with Crippen molar-refractivity contribution in [2.45, 2.75) is 25.8 Å². The number of aromatic nitrogens is 4. The molecule has 0 aliphatic carbocycles. The summed E-state index contributed by atoms with van der Waals surface area (Å²) in [6, 6.07) is 6.04. The SMILES string of the molecule is Cc1cccnc1NCCNC(=O)c1cnc2c(c1)ncn2C1CCOCC1. The van der Waals surface area contributed by atoms with Crippen molar-refractivity contribution in [1.29, 1.82) is 0 Å². The fourth-order valence-corrected chi connectivity index (χ4v) is 3.40. The van der Waals surface area contributed by atoms with Crippen LogP contribution in [0.1, 0.15) is 34.8 Å². The van der Waals surface area contributed by atoms with Crippen LogP contribution < -0.4 is 10.6 Å². The van der Waals surface area contributed by atoms with Crippen molar-refractivity contribution in [3.05, 3.63) is 48.0 Å². The second kappa shape index (κ2) is 8.35. The van der Waals surface area contributed by atoms with Gasteiger partial charge in [-0.05, 0) is 37.5 Å². The molecule has 1 aliphatic heterocycles. The summed E-state index contributed by atoms with van der Waals surface area (Å²) in [6.07, 6.45) is 7.09. The second-order valence-electron chi connectivity index (χ2n) is 6.91. The Morgan fingerprint density at radius 2 is 2.11 bits per heavy atom. The number of hydrogen-bond donors (Lipinski definition) is 2. The normalized spacial score (nSPS) is 14.9. The molecule has 0 bridgehead atoms. The molecule has 3 aromatic rings. The first-order valence-corrected chi connectivity index (χ1v) is 9.56. The Balaban J connectivity index is 1.36. The van der Waals surface area contributed by atoms with Gasteiger partial charge in [0.2, 0.25) is 0 Å². The molecular formula is C20H24N6O2. The zero-order valence-corrected chi connectivity index (χ0v) is 15.9. The first-order chi connectivity index (χ1) is 13.7. The minimum Gasteiger partial charge on any atom is -0.381 e. The summed E-state index contributed by atoms with van der Waals surface area (Å²) in [6.45, 7) is 4.60. The molecule has 0 unspecified atom stereocenters. The Bertz CT molecular complexity index is 964. The number of carbonyl (C=O) groups excluding carboxylic acids is 1. The van der Waals surface area contributed by atoms with Crippen molar-refractivity contribution < 1.29 is 9.53 Å². The van der Waals surface area contributed by atoms with Gasteiger partial charge >= 0.3 is 0 Å². The topological polar surface area (TPSA) is 94.0 Å². The van der Waals surface area contributed by atoms with E-state index < -0.39 is 0 Å². The summed E-state index contributed by atoms with van der Waals surface area (Å²) in [5, 5.41) is 6.12. The summed E-state index contributed by atoms with van der Waals surface area (Å²) in [4.78, 5) is 25.6. The number of amides is 1. The number of carbonyl (C=O) groups is 1. The lowest BCUT2D eigenvalue weighted by atomic mass is 10.1. The van der Waals surface area contributed by atoms with Crippen molar-refractivity contribution in [2.75, 3.05) is 31.6 Å². The molecule has 2 N–H and O–H groups in total. The van der Waals surface area contributed by atoms with Crippen LogP contribution in [-0.2, 0) is 4.74 Å². The van der Waals surface area contributed by atoms with Crippen LogP contribution in [0.5, 0.6) is 0 Å². The summed E-state index contributed by atoms with van der Waals surface area (Å²) in [5.41, 5.74) is 3.14. The first kappa shape index (κ1) is 18.4. The number of hydrogen-bond acceptors (Lipinski definition) is 6. The maximum atomic E-state index is 12.4. The van der Waals surface area contributed by atoms with Gasteiger partial charge in [-0.15, -0.1) is 0 Å². The monoisotopic (exact) mass is 380 g/mol. The number of rotatable bonds is 6. The lowest BCUT2D eigenvalue weighted by Gasteiger charge is -2.23. The molecule has 0 saturated carbocycles. The van der Waals surface area contributed by atoms with Gasteiger partial charge in [0.05, 0.1) is 11.9 Å². The highest BCUT2D eigenvalue weighted by Crippen LogP contribution is 2.24. The van der Waals surface area contributed by atoms with Gasteiger partial charge in [-0.1, -0.05) is 6.07 Å². The van der Waals surface area contributed by atoms with Crippen LogP contribution >= 0.6 is 0 Å². The number of fused-ring (bicyclic) bond motifs is 1. The van der Waals surface area contributed by atoms with Gasteiger partial charge < -0.3 is 19.9 Å². The van der Waals surface area contributed by atoms with E-state index >= 15 is 0 Å². The number of anilines is 1. The quantitative estimate of drug-likeness (QED) is 0.638. The Kier molecular flexibility index (Phi) is 5.48. The molecule has 28 heavy (non-hydrogen) atoms. The van der Waals surface area contributed by atoms with Gasteiger partial charge in [0, 0.05) is 44.7 Å². The van der Waals surface area contributed by atoms with E-state index in [1.807, 2.05) is 25.4 Å². The summed E-state index contributed by atoms with van der Waals surface area (Å²) in [7, 11) is 0. The lowest BCUT2D eigenvalue weighted by Crippen LogP contribution is -2.29. The molecule has 8 heteroatoms. The zero-order chi connectivity index (χ0) is 19.3. The Morgan fingerprint density at radius 3 is 2.93 bits per heavy atom. The number of nitrogens with zero attached hydrogens (tertiary/aromatic N) is 4. The summed E-state index contributed by atoms with van der Waals surface area (Å²) >= 11 is 0. The molecule has 1 amide bonds. The number of imidazole rings is 1. The molecule has 8 nitrogen and oxygen atoms in total. The van der Waals surface area contributed by atoms with Crippen LogP contribution in [-0.4, -0.2) is 51.7 Å². The Labute approximate surface area is 163 Å². The molecule has 0 atom stereocenters. The summed E-state index contributed by atoms with van der Waals surface area (Å²) in [5.74, 6) is 0.674. The predicted molar refractivity (Wildman–Crippen MR) is 106 cm³/mol. The van der Waals surface area contributed by atoms with Crippen molar-refractivity contribution in [3.63, 3.8) is 0 Å². The highest BCUT2D eigenvalue weighted by atomic mass is 16.5. The standard InChI is InChI=1S/C20H24N6O2/c1-14-3-2-6-21-18(14)22-7-8-23-20(27)15-11-17-19(24-12-15)26(13-25-17)16-4-9-28-10-5-16/h2-3,6,11-13,16H,4-5,7-10H2,1H3,(H,21,22)(H,23,27). The van der Waals surface area contributed by atoms with Crippen LogP contribution in [0, 0.1) is 6.92 Å². The molecule has 4 heterocycles. The van der Waals surface area contributed by atoms with Crippen LogP contribution in [0.3, 0.4) is 0 Å². The smallest absolute Gasteiger partial charge is 0.252 e. The van der Waals surface area contributed by atoms with E-state index in [0.29, 0.717) is 24.7 Å². The van der Waals surface area contributed by atoms with Crippen LogP contribution in [0.25, 0.3) is 11.2 Å². The van der Waals surface area contributed by atoms with Crippen molar-refractivity contribution in [2.24, 2.45) is 0 Å². The van der Waals surface area contributed by atoms with E-state index in [1.54, 1.807) is 18.5 Å². The average Bonchev–Trinajstić information content (AvgIpc) is 3.16. The number of pyridine rings is 2. The lowest BCUT2D eigenvalue weighted by molar-refractivity contribution is 0.0704. The number of ether oxygens (including phenoxy) is 1. The van der Waals surface area contributed by atoms with E-state index in [4.69, 9.17) is 4.74 Å². The van der Waals surface area contributed by atoms with Gasteiger partial charge in [0.15, 0.2) is 5.65 Å². The molecule has 1 aliphatic rings. The molecule has 1 fully saturated rings. The van der Waals surface area contributed by atoms with Crippen molar-refractivity contribution in [3.8, 4) is 0 Å². The van der Waals surface area contributed by atoms with Gasteiger partial charge in [0.25, 0.3) is 5.91 Å². The Morgan fingerprint density at radius 1 is 1.25 bits per heavy atom. The van der Waals surface area contributed by atoms with E-state index in [9.17, 15) is 4.79 Å². The van der Waals surface area contributed by atoms with Gasteiger partial charge in [-0.2, -0.15) is 0 Å². The van der Waals surface area contributed by atoms with Crippen LogP contribution in [0.2, 0.25) is 0 Å². The van der Waals surface area contributed by atoms with Crippen LogP contribution in [0.4, 0.5) is 5.82 Å². The van der Waals surface area contributed by atoms with Crippen LogP contribution in [0.15, 0.2) is 36.9 Å². The van der Waals surface area contributed by atoms with E-state index in [-0.39, 0.29) is 5.91 Å². The fraction of sp³-hybridized carbons (Fsp3) is 0.400. The minimum atomic E-state index is -0.158. The van der Waals surface area contributed by atoms with Gasteiger partial charge in [-0.3, -0.25) is 4.79 Å². The molecule has 0 aromatic carbocycles. The third-order valence-corrected chi connectivity index (χ3v) is 4.97. The van der Waals surface area contributed by atoms with E-state index in [0.717, 1.165) is 48.6 Å². The highest BCUT2D eigenvalue weighted by molar-refractivity contribution is 5.96. The average molecular weight is 380 g/mol. The zero-order valence-electron chi connectivity index (χ0n) is 15.9. The van der Waals surface area contributed by atoms with E-state index in [1.165, 1.54) is 0 Å². The maximum absolute atomic E-state index is 12.4. The number of aryl methyl sites for hydroxylation is 1. The molecule has 1 saturated heterocycles. The highest BCUT2D eigenvalue weighted by Gasteiger charge is 2.19. The molecule has 4 rings (SSSR count). The fourth-order valence-electron chi connectivity index (χ4n) is 3.40.